The van der Waals surface area contributed by atoms with Crippen LogP contribution in [0.3, 0.4) is 0 Å². The number of ether oxygens (including phenoxy) is 2. The van der Waals surface area contributed by atoms with Crippen LogP contribution in [0.1, 0.15) is 24.8 Å². The fourth-order valence-corrected chi connectivity index (χ4v) is 3.45. The fourth-order valence-electron chi connectivity index (χ4n) is 3.45. The Morgan fingerprint density at radius 2 is 1.89 bits per heavy atom. The van der Waals surface area contributed by atoms with E-state index < -0.39 is 0 Å². The van der Waals surface area contributed by atoms with Crippen LogP contribution in [-0.4, -0.2) is 31.7 Å². The van der Waals surface area contributed by atoms with E-state index in [0.717, 1.165) is 35.6 Å². The highest BCUT2D eigenvalue weighted by Crippen LogP contribution is 2.24. The molecule has 148 valence electrons. The van der Waals surface area contributed by atoms with Gasteiger partial charge in [0.25, 0.3) is 0 Å². The van der Waals surface area contributed by atoms with Gasteiger partial charge < -0.3 is 19.7 Å². The molecule has 0 heterocycles. The van der Waals surface area contributed by atoms with Gasteiger partial charge in [-0.2, -0.15) is 0 Å². The molecule has 3 rings (SSSR count). The van der Waals surface area contributed by atoms with Crippen molar-refractivity contribution in [2.45, 2.75) is 25.8 Å². The van der Waals surface area contributed by atoms with Gasteiger partial charge in [-0.3, -0.25) is 0 Å². The van der Waals surface area contributed by atoms with E-state index in [1.165, 1.54) is 6.42 Å². The maximum Gasteiger partial charge on any atom is 0.322 e. The molecular weight excluding hydrogens is 352 g/mol. The van der Waals surface area contributed by atoms with E-state index in [9.17, 15) is 4.79 Å². The summed E-state index contributed by atoms with van der Waals surface area (Å²) in [5, 5.41) is 3.01. The molecular formula is C23H28N2O3. The first-order chi connectivity index (χ1) is 13.7. The summed E-state index contributed by atoms with van der Waals surface area (Å²) >= 11 is 0. The van der Waals surface area contributed by atoms with Crippen LogP contribution in [0, 0.1) is 5.92 Å². The summed E-state index contributed by atoms with van der Waals surface area (Å²) in [6.45, 7) is 1.17. The van der Waals surface area contributed by atoms with Crippen LogP contribution in [0.2, 0.25) is 0 Å². The average molecular weight is 380 g/mol. The largest absolute Gasteiger partial charge is 0.497 e. The first kappa shape index (κ1) is 19.8. The molecule has 5 nitrogen and oxygen atoms in total. The highest BCUT2D eigenvalue weighted by molar-refractivity contribution is 5.89. The molecule has 2 amide bonds. The lowest BCUT2D eigenvalue weighted by Crippen LogP contribution is -2.38. The van der Waals surface area contributed by atoms with Gasteiger partial charge in [0, 0.05) is 17.8 Å². The Morgan fingerprint density at radius 1 is 1.11 bits per heavy atom. The zero-order valence-electron chi connectivity index (χ0n) is 16.6. The maximum absolute atomic E-state index is 13.1. The van der Waals surface area contributed by atoms with Crippen molar-refractivity contribution in [3.05, 3.63) is 66.2 Å². The first-order valence-electron chi connectivity index (χ1n) is 9.68. The molecule has 1 aliphatic rings. The van der Waals surface area contributed by atoms with Crippen LogP contribution in [-0.2, 0) is 6.54 Å². The normalized spacial score (nSPS) is 15.7. The Hall–Kier alpha value is -2.95. The molecule has 0 unspecified atom stereocenters. The number of anilines is 1. The Bertz CT molecular complexity index is 802. The minimum atomic E-state index is -0.116. The van der Waals surface area contributed by atoms with Gasteiger partial charge in [0.05, 0.1) is 20.8 Å². The van der Waals surface area contributed by atoms with Crippen LogP contribution >= 0.6 is 0 Å². The second kappa shape index (κ2) is 9.83. The Labute approximate surface area is 167 Å². The number of benzene rings is 2. The highest BCUT2D eigenvalue weighted by atomic mass is 16.5. The number of hydrogen-bond donors (Lipinski definition) is 1. The third kappa shape index (κ3) is 5.28. The summed E-state index contributed by atoms with van der Waals surface area (Å²) in [5.74, 6) is 1.94. The van der Waals surface area contributed by atoms with Crippen LogP contribution in [0.4, 0.5) is 10.5 Å². The van der Waals surface area contributed by atoms with Gasteiger partial charge in [0.15, 0.2) is 0 Å². The van der Waals surface area contributed by atoms with Crippen LogP contribution in [0.5, 0.6) is 11.5 Å². The average Bonchev–Trinajstić information content (AvgIpc) is 2.75. The molecule has 0 bridgehead atoms. The Morgan fingerprint density at radius 3 is 2.57 bits per heavy atom. The number of allylic oxidation sites excluding steroid dienone is 1. The summed E-state index contributed by atoms with van der Waals surface area (Å²) in [7, 11) is 3.28. The quantitative estimate of drug-likeness (QED) is 0.680. The van der Waals surface area contributed by atoms with Crippen LogP contribution in [0.25, 0.3) is 0 Å². The molecule has 0 radical (unpaired) electrons. The van der Waals surface area contributed by atoms with Gasteiger partial charge in [-0.25, -0.2) is 4.79 Å². The molecule has 1 aliphatic carbocycles. The molecule has 1 N–H and O–H groups in total. The number of para-hydroxylation sites is 1. The molecule has 0 fully saturated rings. The molecule has 0 saturated heterocycles. The maximum atomic E-state index is 13.1. The van der Waals surface area contributed by atoms with Gasteiger partial charge in [0.2, 0.25) is 0 Å². The third-order valence-corrected chi connectivity index (χ3v) is 4.99. The number of methoxy groups -OCH3 is 2. The van der Waals surface area contributed by atoms with Gasteiger partial charge in [0.1, 0.15) is 11.5 Å². The summed E-state index contributed by atoms with van der Waals surface area (Å²) in [5.41, 5.74) is 1.74. The van der Waals surface area contributed by atoms with E-state index in [0.29, 0.717) is 19.0 Å². The third-order valence-electron chi connectivity index (χ3n) is 4.99. The number of hydrogen-bond acceptors (Lipinski definition) is 3. The lowest BCUT2D eigenvalue weighted by Gasteiger charge is -2.28. The molecule has 0 saturated carbocycles. The predicted octanol–water partition coefficient (Wildman–Crippen LogP) is 5.09. The molecule has 28 heavy (non-hydrogen) atoms. The topological polar surface area (TPSA) is 50.8 Å². The lowest BCUT2D eigenvalue weighted by atomic mass is 9.95. The van der Waals surface area contributed by atoms with E-state index in [1.807, 2.05) is 53.4 Å². The summed E-state index contributed by atoms with van der Waals surface area (Å²) in [6, 6.07) is 15.1. The van der Waals surface area contributed by atoms with Gasteiger partial charge in [-0.15, -0.1) is 0 Å². The Balaban J connectivity index is 1.76. The number of carbonyl (C=O) groups is 1. The van der Waals surface area contributed by atoms with E-state index >= 15 is 0 Å². The molecule has 0 spiro atoms. The van der Waals surface area contributed by atoms with Crippen molar-refractivity contribution in [1.82, 2.24) is 4.90 Å². The van der Waals surface area contributed by atoms with Crippen LogP contribution < -0.4 is 14.8 Å². The molecule has 2 aromatic carbocycles. The molecule has 2 aromatic rings. The zero-order valence-corrected chi connectivity index (χ0v) is 16.6. The Kier molecular flexibility index (Phi) is 6.95. The molecule has 1 atom stereocenters. The SMILES string of the molecule is COc1ccc(NC(=O)N(Cc2ccccc2OC)C[C@@H]2C=CCCC2)cc1. The summed E-state index contributed by atoms with van der Waals surface area (Å²) in [6.07, 6.45) is 7.86. The smallest absolute Gasteiger partial charge is 0.322 e. The zero-order chi connectivity index (χ0) is 19.8. The second-order valence-corrected chi connectivity index (χ2v) is 6.97. The number of nitrogens with zero attached hydrogens (tertiary/aromatic N) is 1. The monoisotopic (exact) mass is 380 g/mol. The van der Waals surface area contributed by atoms with Crippen molar-refractivity contribution in [2.75, 3.05) is 26.1 Å². The van der Waals surface area contributed by atoms with E-state index in [4.69, 9.17) is 9.47 Å². The lowest BCUT2D eigenvalue weighted by molar-refractivity contribution is 0.200. The molecule has 5 heteroatoms. The second-order valence-electron chi connectivity index (χ2n) is 6.97. The van der Waals surface area contributed by atoms with Gasteiger partial charge in [-0.1, -0.05) is 30.4 Å². The molecule has 0 aromatic heterocycles. The van der Waals surface area contributed by atoms with Crippen molar-refractivity contribution < 1.29 is 14.3 Å². The van der Waals surface area contributed by atoms with Gasteiger partial charge >= 0.3 is 6.03 Å². The first-order valence-corrected chi connectivity index (χ1v) is 9.68. The minimum Gasteiger partial charge on any atom is -0.497 e. The van der Waals surface area contributed by atoms with E-state index in [2.05, 4.69) is 17.5 Å². The summed E-state index contributed by atoms with van der Waals surface area (Å²) < 4.78 is 10.7. The van der Waals surface area contributed by atoms with Crippen molar-refractivity contribution in [3.8, 4) is 11.5 Å². The highest BCUT2D eigenvalue weighted by Gasteiger charge is 2.20. The van der Waals surface area contributed by atoms with E-state index in [1.54, 1.807) is 14.2 Å². The number of rotatable bonds is 7. The van der Waals surface area contributed by atoms with Crippen molar-refractivity contribution >= 4 is 11.7 Å². The van der Waals surface area contributed by atoms with Gasteiger partial charge in [-0.05, 0) is 55.5 Å². The standard InChI is InChI=1S/C23H28N2O3/c1-27-21-14-12-20(13-15-21)24-23(26)25(16-18-8-4-3-5-9-18)17-19-10-6-7-11-22(19)28-2/h4,6-8,10-15,18H,3,5,9,16-17H2,1-2H3,(H,24,26)/t18-/m1/s1. The van der Waals surface area contributed by atoms with Crippen molar-refractivity contribution in [3.63, 3.8) is 0 Å². The van der Waals surface area contributed by atoms with Crippen molar-refractivity contribution in [1.29, 1.82) is 0 Å². The van der Waals surface area contributed by atoms with E-state index in [-0.39, 0.29) is 6.03 Å². The number of amides is 2. The number of carbonyl (C=O) groups excluding carboxylic acids is 1. The predicted molar refractivity (Wildman–Crippen MR) is 112 cm³/mol. The van der Waals surface area contributed by atoms with Crippen LogP contribution in [0.15, 0.2) is 60.7 Å². The number of nitrogens with one attached hydrogen (secondary N) is 1. The molecule has 0 aliphatic heterocycles. The van der Waals surface area contributed by atoms with Crippen molar-refractivity contribution in [2.24, 2.45) is 5.92 Å². The summed E-state index contributed by atoms with van der Waals surface area (Å²) in [4.78, 5) is 14.9. The number of urea groups is 1. The fraction of sp³-hybridized carbons (Fsp3) is 0.348. The minimum absolute atomic E-state index is 0.116.